The Hall–Kier alpha value is 0.400. The number of hydrogen-bond acceptors (Lipinski definition) is 2. The molecule has 2 N–H and O–H groups in total. The summed E-state index contributed by atoms with van der Waals surface area (Å²) in [6, 6.07) is 0.803. The predicted octanol–water partition coefficient (Wildman–Crippen LogP) is 0.102. The van der Waals surface area contributed by atoms with Crippen LogP contribution in [0.3, 0.4) is 0 Å². The lowest BCUT2D eigenvalue weighted by Gasteiger charge is -2.39. The second-order valence-corrected chi connectivity index (χ2v) is 3.25. The Labute approximate surface area is 57.4 Å². The summed E-state index contributed by atoms with van der Waals surface area (Å²) in [6.45, 7) is 2.33. The van der Waals surface area contributed by atoms with E-state index in [1.165, 1.54) is 0 Å². The number of halogens is 1. The molecule has 0 bridgehead atoms. The van der Waals surface area contributed by atoms with Crippen LogP contribution >= 0.6 is 15.9 Å². The Morgan fingerprint density at radius 1 is 1.75 bits per heavy atom. The van der Waals surface area contributed by atoms with Gasteiger partial charge < -0.3 is 10.4 Å². The molecule has 3 heteroatoms. The van der Waals surface area contributed by atoms with Crippen molar-refractivity contribution in [3.05, 3.63) is 0 Å². The first kappa shape index (κ1) is 6.52. The maximum Gasteiger partial charge on any atom is 0.0596 e. The average Bonchev–Trinajstić information content (AvgIpc) is 1.81. The number of rotatable bonds is 1. The molecule has 3 atom stereocenters. The molecule has 8 heavy (non-hydrogen) atoms. The van der Waals surface area contributed by atoms with Gasteiger partial charge in [0.2, 0.25) is 0 Å². The van der Waals surface area contributed by atoms with Crippen LogP contribution in [-0.2, 0) is 0 Å². The highest BCUT2D eigenvalue weighted by atomic mass is 79.9. The topological polar surface area (TPSA) is 32.3 Å². The highest BCUT2D eigenvalue weighted by molar-refractivity contribution is 9.09. The van der Waals surface area contributed by atoms with Crippen molar-refractivity contribution >= 4 is 15.9 Å². The van der Waals surface area contributed by atoms with E-state index in [-0.39, 0.29) is 12.6 Å². The third kappa shape index (κ3) is 0.900. The SMILES string of the molecule is CC1NC(CO)[C@@H]1Br. The zero-order chi connectivity index (χ0) is 6.15. The fraction of sp³-hybridized carbons (Fsp3) is 1.00. The fourth-order valence-corrected chi connectivity index (χ4v) is 1.38. The van der Waals surface area contributed by atoms with Crippen molar-refractivity contribution in [1.82, 2.24) is 5.32 Å². The third-order valence-corrected chi connectivity index (χ3v) is 2.97. The van der Waals surface area contributed by atoms with Gasteiger partial charge in [0, 0.05) is 16.9 Å². The minimum atomic E-state index is 0.236. The van der Waals surface area contributed by atoms with Crippen LogP contribution < -0.4 is 5.32 Å². The van der Waals surface area contributed by atoms with E-state index in [4.69, 9.17) is 5.11 Å². The number of aliphatic hydroxyl groups is 1. The van der Waals surface area contributed by atoms with Crippen LogP contribution in [0.15, 0.2) is 0 Å². The molecule has 0 saturated carbocycles. The Balaban J connectivity index is 2.25. The Kier molecular flexibility index (Phi) is 1.90. The van der Waals surface area contributed by atoms with E-state index in [0.29, 0.717) is 10.9 Å². The van der Waals surface area contributed by atoms with E-state index < -0.39 is 0 Å². The number of hydrogen-bond donors (Lipinski definition) is 2. The molecule has 0 aromatic carbocycles. The van der Waals surface area contributed by atoms with Crippen molar-refractivity contribution in [2.45, 2.75) is 23.8 Å². The molecular formula is C5H10BrNO. The van der Waals surface area contributed by atoms with Crippen LogP contribution in [0.1, 0.15) is 6.92 Å². The summed E-state index contributed by atoms with van der Waals surface area (Å²) in [7, 11) is 0. The predicted molar refractivity (Wildman–Crippen MR) is 36.2 cm³/mol. The van der Waals surface area contributed by atoms with Gasteiger partial charge in [-0.25, -0.2) is 0 Å². The second-order valence-electron chi connectivity index (χ2n) is 2.19. The third-order valence-electron chi connectivity index (χ3n) is 1.54. The van der Waals surface area contributed by atoms with Crippen molar-refractivity contribution < 1.29 is 5.11 Å². The molecule has 1 heterocycles. The molecule has 0 aromatic heterocycles. The smallest absolute Gasteiger partial charge is 0.0596 e. The molecule has 48 valence electrons. The van der Waals surface area contributed by atoms with Gasteiger partial charge in [-0.3, -0.25) is 0 Å². The van der Waals surface area contributed by atoms with Gasteiger partial charge in [-0.2, -0.15) is 0 Å². The van der Waals surface area contributed by atoms with E-state index in [1.807, 2.05) is 0 Å². The first-order valence-corrected chi connectivity index (χ1v) is 3.68. The Bertz CT molecular complexity index is 88.5. The molecule has 1 rings (SSSR count). The number of nitrogens with one attached hydrogen (secondary N) is 1. The summed E-state index contributed by atoms with van der Waals surface area (Å²) in [5.74, 6) is 0. The molecule has 1 fully saturated rings. The van der Waals surface area contributed by atoms with Crippen LogP contribution in [0.2, 0.25) is 0 Å². The Morgan fingerprint density at radius 2 is 2.38 bits per heavy atom. The lowest BCUT2D eigenvalue weighted by molar-refractivity contribution is 0.176. The molecule has 0 aliphatic carbocycles. The maximum atomic E-state index is 8.58. The van der Waals surface area contributed by atoms with Gasteiger partial charge in [-0.05, 0) is 6.92 Å². The summed E-state index contributed by atoms with van der Waals surface area (Å²) in [5.41, 5.74) is 0. The summed E-state index contributed by atoms with van der Waals surface area (Å²) in [4.78, 5) is 0.465. The molecule has 0 spiro atoms. The zero-order valence-corrected chi connectivity index (χ0v) is 6.35. The standard InChI is InChI=1S/C5H10BrNO/c1-3-5(6)4(2-8)7-3/h3-5,7-8H,2H2,1H3/t3?,4?,5-/m1/s1. The molecule has 0 amide bonds. The van der Waals surface area contributed by atoms with Crippen LogP contribution in [0.5, 0.6) is 0 Å². The highest BCUT2D eigenvalue weighted by Crippen LogP contribution is 2.19. The van der Waals surface area contributed by atoms with Gasteiger partial charge in [-0.15, -0.1) is 0 Å². The van der Waals surface area contributed by atoms with Crippen LogP contribution in [-0.4, -0.2) is 28.6 Å². The molecule has 0 radical (unpaired) electrons. The van der Waals surface area contributed by atoms with Crippen molar-refractivity contribution in [3.8, 4) is 0 Å². The van der Waals surface area contributed by atoms with Gasteiger partial charge in [-0.1, -0.05) is 15.9 Å². The summed E-state index contributed by atoms with van der Waals surface area (Å²) in [5, 5.41) is 11.7. The number of alkyl halides is 1. The van der Waals surface area contributed by atoms with Crippen LogP contribution in [0.4, 0.5) is 0 Å². The average molecular weight is 180 g/mol. The second kappa shape index (κ2) is 2.33. The molecular weight excluding hydrogens is 170 g/mol. The van der Waals surface area contributed by atoms with E-state index >= 15 is 0 Å². The van der Waals surface area contributed by atoms with E-state index in [9.17, 15) is 0 Å². The fourth-order valence-electron chi connectivity index (χ4n) is 0.905. The van der Waals surface area contributed by atoms with E-state index in [2.05, 4.69) is 28.2 Å². The van der Waals surface area contributed by atoms with Crippen molar-refractivity contribution in [1.29, 1.82) is 0 Å². The van der Waals surface area contributed by atoms with E-state index in [1.54, 1.807) is 0 Å². The minimum absolute atomic E-state index is 0.236. The molecule has 1 aliphatic heterocycles. The van der Waals surface area contributed by atoms with Crippen LogP contribution in [0.25, 0.3) is 0 Å². The normalized spacial score (nSPS) is 46.1. The first-order chi connectivity index (χ1) is 3.75. The largest absolute Gasteiger partial charge is 0.395 e. The first-order valence-electron chi connectivity index (χ1n) is 2.76. The maximum absolute atomic E-state index is 8.58. The zero-order valence-electron chi connectivity index (χ0n) is 4.76. The van der Waals surface area contributed by atoms with Gasteiger partial charge in [0.1, 0.15) is 0 Å². The quantitative estimate of drug-likeness (QED) is 0.561. The minimum Gasteiger partial charge on any atom is -0.395 e. The van der Waals surface area contributed by atoms with Gasteiger partial charge >= 0.3 is 0 Å². The summed E-state index contributed by atoms with van der Waals surface area (Å²) >= 11 is 3.43. The van der Waals surface area contributed by atoms with Crippen LogP contribution in [0, 0.1) is 0 Å². The molecule has 0 aromatic rings. The Morgan fingerprint density at radius 3 is 2.50 bits per heavy atom. The molecule has 2 nitrogen and oxygen atoms in total. The summed E-state index contributed by atoms with van der Waals surface area (Å²) < 4.78 is 0. The van der Waals surface area contributed by atoms with Crippen molar-refractivity contribution in [2.75, 3.05) is 6.61 Å². The van der Waals surface area contributed by atoms with Gasteiger partial charge in [0.25, 0.3) is 0 Å². The molecule has 1 saturated heterocycles. The number of aliphatic hydroxyl groups excluding tert-OH is 1. The molecule has 2 unspecified atom stereocenters. The van der Waals surface area contributed by atoms with Gasteiger partial charge in [0.15, 0.2) is 0 Å². The van der Waals surface area contributed by atoms with E-state index in [0.717, 1.165) is 0 Å². The highest BCUT2D eigenvalue weighted by Gasteiger charge is 2.34. The lowest BCUT2D eigenvalue weighted by Crippen LogP contribution is -2.62. The lowest BCUT2D eigenvalue weighted by atomic mass is 10.00. The summed E-state index contributed by atoms with van der Waals surface area (Å²) in [6.07, 6.45) is 0. The van der Waals surface area contributed by atoms with Crippen molar-refractivity contribution in [2.24, 2.45) is 0 Å². The monoisotopic (exact) mass is 179 g/mol. The molecule has 1 aliphatic rings. The van der Waals surface area contributed by atoms with Gasteiger partial charge in [0.05, 0.1) is 6.61 Å². The van der Waals surface area contributed by atoms with Crippen molar-refractivity contribution in [3.63, 3.8) is 0 Å².